The van der Waals surface area contributed by atoms with Crippen molar-refractivity contribution in [2.75, 3.05) is 12.3 Å². The summed E-state index contributed by atoms with van der Waals surface area (Å²) in [5.74, 6) is 0. The lowest BCUT2D eigenvalue weighted by atomic mass is 9.96. The van der Waals surface area contributed by atoms with Gasteiger partial charge in [-0.2, -0.15) is 5.10 Å². The van der Waals surface area contributed by atoms with Crippen molar-refractivity contribution >= 4 is 5.69 Å². The molecule has 2 N–H and O–H groups in total. The molecule has 1 aromatic carbocycles. The Balaban J connectivity index is 1.84. The minimum absolute atomic E-state index is 0.377. The molecular weight excluding hydrogens is 236 g/mol. The van der Waals surface area contributed by atoms with Crippen LogP contribution in [0.15, 0.2) is 30.5 Å². The maximum atomic E-state index is 6.05. The second-order valence-electron chi connectivity index (χ2n) is 5.26. The van der Waals surface area contributed by atoms with E-state index in [0.29, 0.717) is 6.04 Å². The molecule has 1 aliphatic rings. The molecule has 100 valence electrons. The zero-order chi connectivity index (χ0) is 13.4. The second-order valence-corrected chi connectivity index (χ2v) is 5.26. The molecule has 0 aliphatic carbocycles. The first-order chi connectivity index (χ1) is 9.16. The molecule has 1 aliphatic heterocycles. The van der Waals surface area contributed by atoms with Crippen molar-refractivity contribution in [3.8, 4) is 0 Å². The highest BCUT2D eigenvalue weighted by Crippen LogP contribution is 2.29. The molecule has 2 heterocycles. The lowest BCUT2D eigenvalue weighted by molar-refractivity contribution is 0.185. The molecular formula is C15H20N4. The number of aryl methyl sites for hydroxylation is 1. The Morgan fingerprint density at radius 3 is 2.89 bits per heavy atom. The van der Waals surface area contributed by atoms with Gasteiger partial charge in [-0.25, -0.2) is 0 Å². The van der Waals surface area contributed by atoms with Crippen LogP contribution in [0.2, 0.25) is 0 Å². The monoisotopic (exact) mass is 256 g/mol. The predicted octanol–water partition coefficient (Wildman–Crippen LogP) is 2.12. The van der Waals surface area contributed by atoms with Gasteiger partial charge in [0.1, 0.15) is 0 Å². The molecule has 0 saturated heterocycles. The number of anilines is 1. The van der Waals surface area contributed by atoms with E-state index in [-0.39, 0.29) is 0 Å². The third-order valence-corrected chi connectivity index (χ3v) is 4.17. The van der Waals surface area contributed by atoms with Crippen LogP contribution in [0.5, 0.6) is 0 Å². The third-order valence-electron chi connectivity index (χ3n) is 4.17. The molecule has 0 amide bonds. The van der Waals surface area contributed by atoms with Crippen molar-refractivity contribution < 1.29 is 0 Å². The normalized spacial score (nSPS) is 17.2. The molecule has 4 heteroatoms. The standard InChI is InChI=1S/C15H20N4/c1-11(15-6-8-17-18(15)2)19-9-7-13-12(10-19)4-3-5-14(13)16/h3-6,8,11H,7,9-10,16H2,1-2H3. The van der Waals surface area contributed by atoms with E-state index in [1.165, 1.54) is 16.8 Å². The number of hydrogen-bond acceptors (Lipinski definition) is 3. The molecule has 2 aromatic rings. The van der Waals surface area contributed by atoms with E-state index in [0.717, 1.165) is 25.2 Å². The zero-order valence-electron chi connectivity index (χ0n) is 11.5. The summed E-state index contributed by atoms with van der Waals surface area (Å²) in [5.41, 5.74) is 10.9. The van der Waals surface area contributed by atoms with Gasteiger partial charge in [0.05, 0.1) is 5.69 Å². The smallest absolute Gasteiger partial charge is 0.0549 e. The van der Waals surface area contributed by atoms with Crippen LogP contribution >= 0.6 is 0 Å². The minimum Gasteiger partial charge on any atom is -0.398 e. The Labute approximate surface area is 113 Å². The highest BCUT2D eigenvalue weighted by molar-refractivity contribution is 5.51. The van der Waals surface area contributed by atoms with Crippen LogP contribution in [0.1, 0.15) is 29.8 Å². The van der Waals surface area contributed by atoms with Crippen molar-refractivity contribution in [3.63, 3.8) is 0 Å². The van der Waals surface area contributed by atoms with Crippen LogP contribution in [0, 0.1) is 0 Å². The van der Waals surface area contributed by atoms with Crippen molar-refractivity contribution in [1.82, 2.24) is 14.7 Å². The highest BCUT2D eigenvalue weighted by Gasteiger charge is 2.24. The number of aromatic nitrogens is 2. The molecule has 0 saturated carbocycles. The lowest BCUT2D eigenvalue weighted by Gasteiger charge is -2.34. The van der Waals surface area contributed by atoms with E-state index >= 15 is 0 Å². The summed E-state index contributed by atoms with van der Waals surface area (Å²) in [7, 11) is 2.00. The van der Waals surface area contributed by atoms with Gasteiger partial charge >= 0.3 is 0 Å². The first-order valence-electron chi connectivity index (χ1n) is 6.75. The van der Waals surface area contributed by atoms with Gasteiger partial charge in [-0.3, -0.25) is 9.58 Å². The van der Waals surface area contributed by atoms with E-state index in [1.54, 1.807) is 0 Å². The summed E-state index contributed by atoms with van der Waals surface area (Å²) >= 11 is 0. The topological polar surface area (TPSA) is 47.1 Å². The van der Waals surface area contributed by atoms with Gasteiger partial charge in [-0.05, 0) is 36.6 Å². The number of hydrogen-bond donors (Lipinski definition) is 1. The quantitative estimate of drug-likeness (QED) is 0.837. The minimum atomic E-state index is 0.377. The molecule has 0 fully saturated rings. The van der Waals surface area contributed by atoms with E-state index < -0.39 is 0 Å². The Morgan fingerprint density at radius 1 is 1.32 bits per heavy atom. The van der Waals surface area contributed by atoms with Crippen LogP contribution in [0.25, 0.3) is 0 Å². The van der Waals surface area contributed by atoms with Gasteiger partial charge < -0.3 is 5.73 Å². The second kappa shape index (κ2) is 4.70. The molecule has 1 unspecified atom stereocenters. The Morgan fingerprint density at radius 2 is 2.16 bits per heavy atom. The fourth-order valence-electron chi connectivity index (χ4n) is 2.97. The van der Waals surface area contributed by atoms with Crippen LogP contribution in [-0.2, 0) is 20.0 Å². The third kappa shape index (κ3) is 2.12. The van der Waals surface area contributed by atoms with Gasteiger partial charge in [0.2, 0.25) is 0 Å². The fourth-order valence-corrected chi connectivity index (χ4v) is 2.97. The average Bonchev–Trinajstić information content (AvgIpc) is 2.84. The van der Waals surface area contributed by atoms with Crippen LogP contribution in [0.3, 0.4) is 0 Å². The van der Waals surface area contributed by atoms with Gasteiger partial charge in [0, 0.05) is 38.1 Å². The molecule has 0 radical (unpaired) electrons. The molecule has 0 spiro atoms. The van der Waals surface area contributed by atoms with Crippen LogP contribution < -0.4 is 5.73 Å². The summed E-state index contributed by atoms with van der Waals surface area (Å²) in [6, 6.07) is 8.71. The molecule has 1 aromatic heterocycles. The fraction of sp³-hybridized carbons (Fsp3) is 0.400. The Bertz CT molecular complexity index is 588. The summed E-state index contributed by atoms with van der Waals surface area (Å²) in [4.78, 5) is 2.48. The average molecular weight is 256 g/mol. The predicted molar refractivity (Wildman–Crippen MR) is 76.6 cm³/mol. The molecule has 0 bridgehead atoms. The van der Waals surface area contributed by atoms with E-state index in [4.69, 9.17) is 5.73 Å². The molecule has 3 rings (SSSR count). The number of fused-ring (bicyclic) bond motifs is 1. The Hall–Kier alpha value is -1.81. The van der Waals surface area contributed by atoms with Gasteiger partial charge in [0.25, 0.3) is 0 Å². The number of rotatable bonds is 2. The number of nitrogens with two attached hydrogens (primary N) is 1. The SMILES string of the molecule is CC(c1ccnn1C)N1CCc2c(N)cccc2C1. The number of benzene rings is 1. The highest BCUT2D eigenvalue weighted by atomic mass is 15.3. The molecule has 1 atom stereocenters. The Kier molecular flexibility index (Phi) is 3.03. The van der Waals surface area contributed by atoms with Crippen molar-refractivity contribution in [3.05, 3.63) is 47.3 Å². The van der Waals surface area contributed by atoms with E-state index in [1.807, 2.05) is 30.1 Å². The summed E-state index contributed by atoms with van der Waals surface area (Å²) < 4.78 is 1.96. The summed E-state index contributed by atoms with van der Waals surface area (Å²) in [5, 5.41) is 4.26. The summed E-state index contributed by atoms with van der Waals surface area (Å²) in [6.45, 7) is 4.26. The lowest BCUT2D eigenvalue weighted by Crippen LogP contribution is -2.34. The summed E-state index contributed by atoms with van der Waals surface area (Å²) in [6.07, 6.45) is 2.89. The van der Waals surface area contributed by atoms with Crippen molar-refractivity contribution in [1.29, 1.82) is 0 Å². The van der Waals surface area contributed by atoms with Gasteiger partial charge in [-0.1, -0.05) is 12.1 Å². The maximum absolute atomic E-state index is 6.05. The number of nitrogens with zero attached hydrogens (tertiary/aromatic N) is 3. The zero-order valence-corrected chi connectivity index (χ0v) is 11.5. The van der Waals surface area contributed by atoms with E-state index in [9.17, 15) is 0 Å². The van der Waals surface area contributed by atoms with Crippen molar-refractivity contribution in [2.45, 2.75) is 25.9 Å². The van der Waals surface area contributed by atoms with Gasteiger partial charge in [0.15, 0.2) is 0 Å². The maximum Gasteiger partial charge on any atom is 0.0549 e. The van der Waals surface area contributed by atoms with Crippen molar-refractivity contribution in [2.24, 2.45) is 7.05 Å². The van der Waals surface area contributed by atoms with E-state index in [2.05, 4.69) is 29.1 Å². The number of nitrogen functional groups attached to an aromatic ring is 1. The molecule has 4 nitrogen and oxygen atoms in total. The molecule has 19 heavy (non-hydrogen) atoms. The largest absolute Gasteiger partial charge is 0.398 e. The van der Waals surface area contributed by atoms with Gasteiger partial charge in [-0.15, -0.1) is 0 Å². The van der Waals surface area contributed by atoms with Crippen LogP contribution in [0.4, 0.5) is 5.69 Å². The first kappa shape index (κ1) is 12.2. The van der Waals surface area contributed by atoms with Crippen LogP contribution in [-0.4, -0.2) is 21.2 Å². The first-order valence-corrected chi connectivity index (χ1v) is 6.75.